The molecule has 4 aromatic rings. The van der Waals surface area contributed by atoms with Crippen molar-refractivity contribution in [3.63, 3.8) is 0 Å². The zero-order valence-electron chi connectivity index (χ0n) is 24.9. The minimum Gasteiger partial charge on any atom is -0.507 e. The third-order valence-corrected chi connectivity index (χ3v) is 10.3. The maximum absolute atomic E-state index is 16.0. The lowest BCUT2D eigenvalue weighted by Crippen LogP contribution is -2.63. The van der Waals surface area contributed by atoms with Crippen molar-refractivity contribution in [2.45, 2.75) is 35.7 Å². The monoisotopic (exact) mass is 651 g/mol. The summed E-state index contributed by atoms with van der Waals surface area (Å²) < 4.78 is 58.3. The standard InChI is InChI=1S/C31H31F2N5O5SSi/c1-4-24(40)36-13-14-37(31(2,45)16-36)28-19-15-21(33)26(25-20(32)8-6-9-22(25)39)34-29(19)38(30(41)35-28)27-18(17-11-12-17)7-5-10-23(27)44(3,42)43/h4-10,15,17,39H,1,11-14,16H2,2-3,45H3/t31-/m0/s1. The molecule has 1 aliphatic carbocycles. The van der Waals surface area contributed by atoms with Crippen LogP contribution in [0.2, 0.25) is 0 Å². The Hall–Kier alpha value is -4.43. The third kappa shape index (κ3) is 5.31. The van der Waals surface area contributed by atoms with Crippen molar-refractivity contribution in [3.8, 4) is 22.7 Å². The van der Waals surface area contributed by atoms with Crippen LogP contribution in [0.1, 0.15) is 31.2 Å². The highest BCUT2D eigenvalue weighted by atomic mass is 32.2. The maximum atomic E-state index is 16.0. The van der Waals surface area contributed by atoms with Gasteiger partial charge in [0.1, 0.15) is 23.1 Å². The first-order valence-corrected chi connectivity index (χ1v) is 17.3. The molecule has 1 saturated heterocycles. The fraction of sp³-hybridized carbons (Fsp3) is 0.290. The number of sulfone groups is 1. The zero-order chi connectivity index (χ0) is 32.4. The summed E-state index contributed by atoms with van der Waals surface area (Å²) in [5.74, 6) is -2.62. The van der Waals surface area contributed by atoms with E-state index >= 15 is 8.78 Å². The predicted octanol–water partition coefficient (Wildman–Crippen LogP) is 2.63. The highest BCUT2D eigenvalue weighted by Gasteiger charge is 2.38. The van der Waals surface area contributed by atoms with Crippen LogP contribution in [0.3, 0.4) is 0 Å². The molecule has 14 heteroatoms. The number of nitrogens with zero attached hydrogens (tertiary/aromatic N) is 5. The first kappa shape index (κ1) is 30.6. The number of aromatic hydroxyl groups is 1. The SMILES string of the molecule is C=CC(=O)N1CCN(c2nc(=O)n(-c3c(C4CC4)cccc3S(C)(=O)=O)c3nc(-c4c(O)cccc4F)c(F)cc23)[C@@](C)([SiH3])C1. The molecule has 2 fully saturated rings. The number of phenolic OH excluding ortho intramolecular Hbond substituents is 1. The van der Waals surface area contributed by atoms with Crippen molar-refractivity contribution in [1.82, 2.24) is 19.4 Å². The Morgan fingerprint density at radius 2 is 1.84 bits per heavy atom. The lowest BCUT2D eigenvalue weighted by molar-refractivity contribution is -0.127. The van der Waals surface area contributed by atoms with Crippen LogP contribution in [-0.4, -0.2) is 80.2 Å². The molecule has 2 aromatic heterocycles. The van der Waals surface area contributed by atoms with Crippen LogP contribution >= 0.6 is 0 Å². The van der Waals surface area contributed by atoms with E-state index in [1.165, 1.54) is 24.3 Å². The quantitative estimate of drug-likeness (QED) is 0.249. The first-order chi connectivity index (χ1) is 21.2. The molecule has 1 amide bonds. The summed E-state index contributed by atoms with van der Waals surface area (Å²) in [4.78, 5) is 38.8. The molecule has 1 N–H and O–H groups in total. The van der Waals surface area contributed by atoms with E-state index in [4.69, 9.17) is 0 Å². The zero-order valence-corrected chi connectivity index (χ0v) is 27.7. The Morgan fingerprint density at radius 1 is 1.13 bits per heavy atom. The van der Waals surface area contributed by atoms with Gasteiger partial charge in [0, 0.05) is 41.3 Å². The second-order valence-corrected chi connectivity index (χ2v) is 16.2. The van der Waals surface area contributed by atoms with Gasteiger partial charge >= 0.3 is 5.69 Å². The van der Waals surface area contributed by atoms with Crippen molar-refractivity contribution in [3.05, 3.63) is 82.8 Å². The van der Waals surface area contributed by atoms with Gasteiger partial charge in [0.25, 0.3) is 0 Å². The molecule has 0 spiro atoms. The molecule has 6 rings (SSSR count). The van der Waals surface area contributed by atoms with Crippen molar-refractivity contribution in [2.75, 3.05) is 30.8 Å². The number of pyridine rings is 1. The lowest BCUT2D eigenvalue weighted by Gasteiger charge is -2.48. The van der Waals surface area contributed by atoms with E-state index in [2.05, 4.69) is 16.5 Å². The van der Waals surface area contributed by atoms with Gasteiger partial charge in [-0.25, -0.2) is 31.5 Å². The number of amides is 1. The summed E-state index contributed by atoms with van der Waals surface area (Å²) in [6.07, 6.45) is 3.82. The number of hydrogen-bond donors (Lipinski definition) is 1. The van der Waals surface area contributed by atoms with E-state index < -0.39 is 49.3 Å². The van der Waals surface area contributed by atoms with E-state index in [1.807, 2.05) is 11.8 Å². The smallest absolute Gasteiger partial charge is 0.355 e. The third-order valence-electron chi connectivity index (χ3n) is 8.34. The van der Waals surface area contributed by atoms with Crippen LogP contribution in [0.5, 0.6) is 5.75 Å². The van der Waals surface area contributed by atoms with Crippen molar-refractivity contribution < 1.29 is 27.1 Å². The summed E-state index contributed by atoms with van der Waals surface area (Å²) in [6.45, 7) is 6.32. The first-order valence-electron chi connectivity index (χ1n) is 14.4. The fourth-order valence-corrected chi connectivity index (χ4v) is 7.80. The maximum Gasteiger partial charge on any atom is 0.355 e. The van der Waals surface area contributed by atoms with Gasteiger partial charge in [-0.15, -0.1) is 0 Å². The second kappa shape index (κ2) is 10.9. The fourth-order valence-electron chi connectivity index (χ4n) is 6.10. The summed E-state index contributed by atoms with van der Waals surface area (Å²) in [5, 5.41) is 9.96. The van der Waals surface area contributed by atoms with E-state index in [-0.39, 0.29) is 52.3 Å². The van der Waals surface area contributed by atoms with Gasteiger partial charge in [0.05, 0.1) is 21.5 Å². The van der Waals surface area contributed by atoms with Crippen LogP contribution in [0.25, 0.3) is 28.0 Å². The summed E-state index contributed by atoms with van der Waals surface area (Å²) >= 11 is 0. The Labute approximate surface area is 261 Å². The molecule has 10 nitrogen and oxygen atoms in total. The number of carbonyl (C=O) groups is 1. The number of fused-ring (bicyclic) bond motifs is 1. The van der Waals surface area contributed by atoms with Crippen molar-refractivity contribution in [1.29, 1.82) is 0 Å². The highest BCUT2D eigenvalue weighted by molar-refractivity contribution is 7.90. The number of hydrogen-bond acceptors (Lipinski definition) is 8. The number of carbonyl (C=O) groups excluding carboxylic acids is 1. The van der Waals surface area contributed by atoms with Crippen LogP contribution in [-0.2, 0) is 14.6 Å². The molecule has 2 aliphatic rings. The Bertz CT molecular complexity index is 2060. The van der Waals surface area contributed by atoms with Gasteiger partial charge in [-0.1, -0.05) is 24.8 Å². The topological polar surface area (TPSA) is 126 Å². The molecule has 0 bridgehead atoms. The number of anilines is 1. The van der Waals surface area contributed by atoms with E-state index in [9.17, 15) is 23.1 Å². The molecule has 0 radical (unpaired) electrons. The number of benzene rings is 2. The number of rotatable bonds is 6. The van der Waals surface area contributed by atoms with E-state index in [0.717, 1.165) is 35.8 Å². The number of aromatic nitrogens is 3. The lowest BCUT2D eigenvalue weighted by atomic mass is 10.1. The van der Waals surface area contributed by atoms with Crippen LogP contribution in [0.15, 0.2) is 64.8 Å². The van der Waals surface area contributed by atoms with Gasteiger partial charge in [0.2, 0.25) is 5.91 Å². The Balaban J connectivity index is 1.71. The molecule has 1 saturated carbocycles. The van der Waals surface area contributed by atoms with Gasteiger partial charge < -0.3 is 14.9 Å². The van der Waals surface area contributed by atoms with Crippen molar-refractivity contribution in [2.24, 2.45) is 0 Å². The summed E-state index contributed by atoms with van der Waals surface area (Å²) in [7, 11) is -3.38. The summed E-state index contributed by atoms with van der Waals surface area (Å²) in [6, 6.07) is 9.32. The van der Waals surface area contributed by atoms with Gasteiger partial charge in [0.15, 0.2) is 21.3 Å². The number of para-hydroxylation sites is 1. The molecule has 45 heavy (non-hydrogen) atoms. The molecular formula is C31H31F2N5O5SSi. The molecular weight excluding hydrogens is 621 g/mol. The average Bonchev–Trinajstić information content (AvgIpc) is 3.81. The van der Waals surface area contributed by atoms with Crippen LogP contribution in [0.4, 0.5) is 14.6 Å². The number of piperazine rings is 1. The van der Waals surface area contributed by atoms with E-state index in [0.29, 0.717) is 22.4 Å². The van der Waals surface area contributed by atoms with Crippen LogP contribution < -0.4 is 10.6 Å². The molecule has 1 atom stereocenters. The molecule has 0 unspecified atom stereocenters. The number of phenols is 1. The normalized spacial score (nSPS) is 18.8. The average molecular weight is 652 g/mol. The van der Waals surface area contributed by atoms with Gasteiger partial charge in [-0.3, -0.25) is 4.79 Å². The largest absolute Gasteiger partial charge is 0.507 e. The Morgan fingerprint density at radius 3 is 2.47 bits per heavy atom. The van der Waals surface area contributed by atoms with Gasteiger partial charge in [-0.05, 0) is 61.6 Å². The minimum atomic E-state index is -3.88. The van der Waals surface area contributed by atoms with E-state index in [1.54, 1.807) is 17.0 Å². The molecule has 3 heterocycles. The van der Waals surface area contributed by atoms with Crippen molar-refractivity contribution >= 4 is 42.8 Å². The summed E-state index contributed by atoms with van der Waals surface area (Å²) in [5.41, 5.74) is -1.40. The number of halogens is 2. The highest BCUT2D eigenvalue weighted by Crippen LogP contribution is 2.45. The van der Waals surface area contributed by atoms with Gasteiger partial charge in [-0.2, -0.15) is 4.98 Å². The Kier molecular flexibility index (Phi) is 7.39. The second-order valence-electron chi connectivity index (χ2n) is 12.0. The molecule has 2 aromatic carbocycles. The molecule has 234 valence electrons. The minimum absolute atomic E-state index is 0.0146. The van der Waals surface area contributed by atoms with Crippen LogP contribution in [0, 0.1) is 11.6 Å². The molecule has 1 aliphatic heterocycles. The predicted molar refractivity (Wildman–Crippen MR) is 170 cm³/mol.